The minimum atomic E-state index is -0.221. The van der Waals surface area contributed by atoms with Gasteiger partial charge in [-0.1, -0.05) is 50.2 Å². The van der Waals surface area contributed by atoms with Gasteiger partial charge in [0.25, 0.3) is 0 Å². The van der Waals surface area contributed by atoms with Crippen LogP contribution in [0.25, 0.3) is 0 Å². The molecule has 1 N–H and O–H groups in total. The number of rotatable bonds is 3. The van der Waals surface area contributed by atoms with Gasteiger partial charge in [-0.25, -0.2) is 0 Å². The Morgan fingerprint density at radius 2 is 2.04 bits per heavy atom. The van der Waals surface area contributed by atoms with Crippen molar-refractivity contribution in [3.63, 3.8) is 0 Å². The number of nitrogens with zero attached hydrogens (tertiary/aromatic N) is 3. The molecule has 1 aromatic carbocycles. The molecule has 6 heteroatoms. The summed E-state index contributed by atoms with van der Waals surface area (Å²) in [6, 6.07) is 8.03. The molecule has 0 spiro atoms. The normalized spacial score (nSPS) is 18.2. The van der Waals surface area contributed by atoms with Crippen LogP contribution < -0.4 is 5.32 Å². The van der Waals surface area contributed by atoms with Crippen molar-refractivity contribution in [1.29, 1.82) is 0 Å². The topological polar surface area (TPSA) is 71.3 Å². The molecule has 1 unspecified atom stereocenters. The second-order valence-electron chi connectivity index (χ2n) is 7.27. The summed E-state index contributed by atoms with van der Waals surface area (Å²) < 4.78 is 5.37. The Balaban J connectivity index is 1.84. The molecule has 1 amide bonds. The minimum absolute atomic E-state index is 0.0176. The first-order valence-electron chi connectivity index (χ1n) is 8.24. The van der Waals surface area contributed by atoms with Crippen molar-refractivity contribution in [2.75, 3.05) is 7.05 Å². The van der Waals surface area contributed by atoms with Crippen molar-refractivity contribution in [3.8, 4) is 0 Å². The second-order valence-corrected chi connectivity index (χ2v) is 7.27. The predicted octanol–water partition coefficient (Wildman–Crippen LogP) is 2.04. The van der Waals surface area contributed by atoms with Gasteiger partial charge in [-0.15, -0.1) is 0 Å². The number of carbonyl (C=O) groups excluding carboxylic acids is 1. The Labute approximate surface area is 142 Å². The molecule has 0 bridgehead atoms. The standard InChI is InChI=1S/C18H24N4O2/c1-18(2,3)17-20-15(21-24-17)11-22-10-13-8-6-5-7-12(13)9-14(22)16(23)19-4/h5-8,14H,9-11H2,1-4H3,(H,19,23). The number of aromatic nitrogens is 2. The van der Waals surface area contributed by atoms with Crippen LogP contribution in [-0.2, 0) is 29.7 Å². The quantitative estimate of drug-likeness (QED) is 0.933. The van der Waals surface area contributed by atoms with Gasteiger partial charge in [0.1, 0.15) is 0 Å². The molecule has 1 atom stereocenters. The van der Waals surface area contributed by atoms with E-state index in [9.17, 15) is 4.79 Å². The van der Waals surface area contributed by atoms with Crippen molar-refractivity contribution < 1.29 is 9.32 Å². The van der Waals surface area contributed by atoms with Crippen molar-refractivity contribution in [2.24, 2.45) is 0 Å². The highest BCUT2D eigenvalue weighted by Crippen LogP contribution is 2.25. The number of likely N-dealkylation sites (N-methyl/N-ethyl adjacent to an activating group) is 1. The van der Waals surface area contributed by atoms with Crippen LogP contribution in [0.5, 0.6) is 0 Å². The molecule has 0 saturated carbocycles. The summed E-state index contributed by atoms with van der Waals surface area (Å²) in [5.41, 5.74) is 2.29. The van der Waals surface area contributed by atoms with E-state index < -0.39 is 0 Å². The van der Waals surface area contributed by atoms with Crippen LogP contribution in [0, 0.1) is 0 Å². The lowest BCUT2D eigenvalue weighted by Gasteiger charge is -2.34. The molecule has 2 heterocycles. The van der Waals surface area contributed by atoms with E-state index in [0.29, 0.717) is 31.2 Å². The zero-order valence-corrected chi connectivity index (χ0v) is 14.7. The van der Waals surface area contributed by atoms with Gasteiger partial charge in [0.2, 0.25) is 11.8 Å². The fourth-order valence-electron chi connectivity index (χ4n) is 2.97. The van der Waals surface area contributed by atoms with E-state index in [0.717, 1.165) is 0 Å². The van der Waals surface area contributed by atoms with Crippen molar-refractivity contribution >= 4 is 5.91 Å². The maximum absolute atomic E-state index is 12.3. The smallest absolute Gasteiger partial charge is 0.237 e. The molecule has 2 aromatic rings. The summed E-state index contributed by atoms with van der Waals surface area (Å²) in [5.74, 6) is 1.25. The average molecular weight is 328 g/mol. The molecular formula is C18H24N4O2. The van der Waals surface area contributed by atoms with E-state index in [4.69, 9.17) is 4.52 Å². The molecular weight excluding hydrogens is 304 g/mol. The van der Waals surface area contributed by atoms with Crippen LogP contribution >= 0.6 is 0 Å². The Hall–Kier alpha value is -2.21. The minimum Gasteiger partial charge on any atom is -0.358 e. The number of hydrogen-bond donors (Lipinski definition) is 1. The lowest BCUT2D eigenvalue weighted by atomic mass is 9.93. The molecule has 1 aliphatic rings. The fourth-order valence-corrected chi connectivity index (χ4v) is 2.97. The second kappa shape index (κ2) is 6.36. The van der Waals surface area contributed by atoms with Gasteiger partial charge in [0.15, 0.2) is 5.82 Å². The molecule has 6 nitrogen and oxygen atoms in total. The molecule has 0 aliphatic carbocycles. The van der Waals surface area contributed by atoms with Gasteiger partial charge < -0.3 is 9.84 Å². The van der Waals surface area contributed by atoms with E-state index in [-0.39, 0.29) is 17.4 Å². The number of benzene rings is 1. The van der Waals surface area contributed by atoms with E-state index in [1.165, 1.54) is 11.1 Å². The number of hydrogen-bond acceptors (Lipinski definition) is 5. The lowest BCUT2D eigenvalue weighted by Crippen LogP contribution is -2.49. The Morgan fingerprint density at radius 3 is 2.67 bits per heavy atom. The Kier molecular flexibility index (Phi) is 4.41. The first kappa shape index (κ1) is 16.6. The van der Waals surface area contributed by atoms with E-state index >= 15 is 0 Å². The van der Waals surface area contributed by atoms with Crippen molar-refractivity contribution in [1.82, 2.24) is 20.4 Å². The van der Waals surface area contributed by atoms with Gasteiger partial charge in [-0.2, -0.15) is 4.98 Å². The van der Waals surface area contributed by atoms with Crippen LogP contribution in [0.15, 0.2) is 28.8 Å². The van der Waals surface area contributed by atoms with Gasteiger partial charge in [0, 0.05) is 19.0 Å². The summed E-state index contributed by atoms with van der Waals surface area (Å²) in [7, 11) is 1.67. The third kappa shape index (κ3) is 3.33. The zero-order valence-electron chi connectivity index (χ0n) is 14.7. The maximum atomic E-state index is 12.3. The monoisotopic (exact) mass is 328 g/mol. The third-order valence-electron chi connectivity index (χ3n) is 4.35. The highest BCUT2D eigenvalue weighted by atomic mass is 16.5. The predicted molar refractivity (Wildman–Crippen MR) is 90.2 cm³/mol. The number of fused-ring (bicyclic) bond motifs is 1. The third-order valence-corrected chi connectivity index (χ3v) is 4.35. The lowest BCUT2D eigenvalue weighted by molar-refractivity contribution is -0.126. The first-order chi connectivity index (χ1) is 11.4. The van der Waals surface area contributed by atoms with Crippen LogP contribution in [0.3, 0.4) is 0 Å². The number of nitrogens with one attached hydrogen (secondary N) is 1. The summed E-state index contributed by atoms with van der Waals surface area (Å²) >= 11 is 0. The van der Waals surface area contributed by atoms with Crippen LogP contribution in [-0.4, -0.2) is 34.0 Å². The zero-order chi connectivity index (χ0) is 17.3. The summed E-state index contributed by atoms with van der Waals surface area (Å²) in [5, 5.41) is 6.86. The van der Waals surface area contributed by atoms with Gasteiger partial charge >= 0.3 is 0 Å². The molecule has 128 valence electrons. The van der Waals surface area contributed by atoms with Crippen molar-refractivity contribution in [2.45, 2.75) is 51.7 Å². The highest BCUT2D eigenvalue weighted by Gasteiger charge is 2.32. The van der Waals surface area contributed by atoms with Crippen molar-refractivity contribution in [3.05, 3.63) is 47.1 Å². The maximum Gasteiger partial charge on any atom is 0.237 e. The molecule has 1 aliphatic heterocycles. The fraction of sp³-hybridized carbons (Fsp3) is 0.500. The summed E-state index contributed by atoms with van der Waals surface area (Å²) in [6.07, 6.45) is 0.694. The number of amides is 1. The molecule has 0 radical (unpaired) electrons. The Bertz CT molecular complexity index is 733. The summed E-state index contributed by atoms with van der Waals surface area (Å²) in [4.78, 5) is 18.9. The largest absolute Gasteiger partial charge is 0.358 e. The van der Waals surface area contributed by atoms with Crippen LogP contribution in [0.2, 0.25) is 0 Å². The van der Waals surface area contributed by atoms with Gasteiger partial charge in [-0.3, -0.25) is 9.69 Å². The number of carbonyl (C=O) groups is 1. The highest BCUT2D eigenvalue weighted by molar-refractivity contribution is 5.82. The first-order valence-corrected chi connectivity index (χ1v) is 8.24. The molecule has 1 aromatic heterocycles. The van der Waals surface area contributed by atoms with Crippen LogP contribution in [0.4, 0.5) is 0 Å². The summed E-state index contributed by atoms with van der Waals surface area (Å²) in [6.45, 7) is 7.30. The van der Waals surface area contributed by atoms with E-state index in [1.54, 1.807) is 7.05 Å². The molecule has 0 fully saturated rings. The Morgan fingerprint density at radius 1 is 1.33 bits per heavy atom. The SMILES string of the molecule is CNC(=O)C1Cc2ccccc2CN1Cc1noc(C(C)(C)C)n1. The average Bonchev–Trinajstić information content (AvgIpc) is 3.02. The van der Waals surface area contributed by atoms with Gasteiger partial charge in [-0.05, 0) is 17.5 Å². The molecule has 3 rings (SSSR count). The van der Waals surface area contributed by atoms with E-state index in [1.807, 2.05) is 32.9 Å². The van der Waals surface area contributed by atoms with Gasteiger partial charge in [0.05, 0.1) is 12.6 Å². The van der Waals surface area contributed by atoms with Crippen LogP contribution in [0.1, 0.15) is 43.6 Å². The molecule has 0 saturated heterocycles. The van der Waals surface area contributed by atoms with E-state index in [2.05, 4.69) is 32.5 Å². The molecule has 24 heavy (non-hydrogen) atoms.